The molecular weight excluding hydrogens is 372 g/mol. The van der Waals surface area contributed by atoms with Crippen LogP contribution in [-0.4, -0.2) is 45.2 Å². The van der Waals surface area contributed by atoms with Crippen molar-refractivity contribution in [1.29, 1.82) is 0 Å². The molecule has 6 nitrogen and oxygen atoms in total. The third-order valence-corrected chi connectivity index (χ3v) is 6.02. The highest BCUT2D eigenvalue weighted by molar-refractivity contribution is 8.14. The maximum absolute atomic E-state index is 11.6. The van der Waals surface area contributed by atoms with E-state index in [4.69, 9.17) is 10.2 Å². The number of aliphatic hydroxyl groups excluding tert-OH is 1. The highest BCUT2D eigenvalue weighted by Crippen LogP contribution is 2.35. The molecule has 2 aromatic heterocycles. The molecule has 0 bridgehead atoms. The van der Waals surface area contributed by atoms with Crippen LogP contribution in [0.2, 0.25) is 0 Å². The minimum atomic E-state index is 0.105. The summed E-state index contributed by atoms with van der Waals surface area (Å²) in [7, 11) is 1.92. The number of fused-ring (bicyclic) bond motifs is 1. The van der Waals surface area contributed by atoms with E-state index in [0.29, 0.717) is 13.0 Å². The second kappa shape index (κ2) is 7.77. The standard InChI is InChI=1S/C21H22N4O2S/c1-14(15-3-4-16-12-21(27)28-19(16)11-15)18-7-8-25(23-18)20-6-5-17(13-22-20)24(2)9-10-26/h3-8,11,13-14,26H,9-10,12H2,1-2H3. The molecule has 0 saturated carbocycles. The molecule has 1 N–H and O–H groups in total. The molecule has 0 amide bonds. The maximum atomic E-state index is 11.6. The van der Waals surface area contributed by atoms with Crippen molar-refractivity contribution in [3.63, 3.8) is 0 Å². The van der Waals surface area contributed by atoms with Crippen LogP contribution in [0.3, 0.4) is 0 Å². The van der Waals surface area contributed by atoms with Gasteiger partial charge in [-0.1, -0.05) is 30.8 Å². The maximum Gasteiger partial charge on any atom is 0.198 e. The van der Waals surface area contributed by atoms with Gasteiger partial charge >= 0.3 is 0 Å². The molecule has 1 atom stereocenters. The van der Waals surface area contributed by atoms with Gasteiger partial charge in [0.25, 0.3) is 0 Å². The van der Waals surface area contributed by atoms with Crippen molar-refractivity contribution >= 4 is 22.6 Å². The Bertz CT molecular complexity index is 1000. The smallest absolute Gasteiger partial charge is 0.198 e. The van der Waals surface area contributed by atoms with E-state index in [9.17, 15) is 4.79 Å². The number of carbonyl (C=O) groups excluding carboxylic acids is 1. The zero-order valence-electron chi connectivity index (χ0n) is 15.9. The van der Waals surface area contributed by atoms with Gasteiger partial charge in [0, 0.05) is 37.0 Å². The number of carbonyl (C=O) groups is 1. The first-order valence-corrected chi connectivity index (χ1v) is 10.0. The van der Waals surface area contributed by atoms with E-state index in [2.05, 4.69) is 30.1 Å². The monoisotopic (exact) mass is 394 g/mol. The number of nitrogens with zero attached hydrogens (tertiary/aromatic N) is 4. The molecular formula is C21H22N4O2S. The number of aromatic nitrogens is 3. The number of rotatable bonds is 6. The van der Waals surface area contributed by atoms with E-state index < -0.39 is 0 Å². The van der Waals surface area contributed by atoms with Crippen LogP contribution in [0.15, 0.2) is 53.7 Å². The number of aliphatic hydroxyl groups is 1. The Kier molecular flexibility index (Phi) is 5.19. The summed E-state index contributed by atoms with van der Waals surface area (Å²) in [6, 6.07) is 12.1. The molecule has 1 aliphatic heterocycles. The van der Waals surface area contributed by atoms with Gasteiger partial charge in [-0.25, -0.2) is 9.67 Å². The summed E-state index contributed by atoms with van der Waals surface area (Å²) >= 11 is 1.33. The number of thioether (sulfide) groups is 1. The van der Waals surface area contributed by atoms with E-state index in [-0.39, 0.29) is 17.6 Å². The van der Waals surface area contributed by atoms with E-state index in [0.717, 1.165) is 33.2 Å². The molecule has 144 valence electrons. The number of hydrogen-bond acceptors (Lipinski definition) is 6. The molecule has 0 spiro atoms. The molecule has 3 heterocycles. The van der Waals surface area contributed by atoms with Crippen molar-refractivity contribution in [2.24, 2.45) is 0 Å². The highest BCUT2D eigenvalue weighted by atomic mass is 32.2. The van der Waals surface area contributed by atoms with Gasteiger partial charge in [-0.05, 0) is 35.4 Å². The van der Waals surface area contributed by atoms with Gasteiger partial charge in [0.15, 0.2) is 10.9 Å². The average molecular weight is 395 g/mol. The average Bonchev–Trinajstić information content (AvgIpc) is 3.33. The zero-order chi connectivity index (χ0) is 19.7. The normalized spacial score (nSPS) is 14.2. The zero-order valence-corrected chi connectivity index (χ0v) is 16.7. The Morgan fingerprint density at radius 3 is 2.89 bits per heavy atom. The third-order valence-electron chi connectivity index (χ3n) is 5.05. The summed E-state index contributed by atoms with van der Waals surface area (Å²) in [5, 5.41) is 14.0. The Balaban J connectivity index is 1.53. The molecule has 3 aromatic rings. The Morgan fingerprint density at radius 2 is 2.14 bits per heavy atom. The number of likely N-dealkylation sites (N-methyl/N-ethyl adjacent to an activating group) is 1. The summed E-state index contributed by atoms with van der Waals surface area (Å²) in [4.78, 5) is 19.1. The van der Waals surface area contributed by atoms with Gasteiger partial charge in [-0.2, -0.15) is 5.10 Å². The molecule has 28 heavy (non-hydrogen) atoms. The molecule has 1 aromatic carbocycles. The van der Waals surface area contributed by atoms with Crippen LogP contribution in [0.25, 0.3) is 5.82 Å². The molecule has 1 unspecified atom stereocenters. The van der Waals surface area contributed by atoms with E-state index in [1.54, 1.807) is 10.9 Å². The van der Waals surface area contributed by atoms with Crippen molar-refractivity contribution in [2.45, 2.75) is 24.2 Å². The van der Waals surface area contributed by atoms with Gasteiger partial charge in [0.2, 0.25) is 0 Å². The summed E-state index contributed by atoms with van der Waals surface area (Å²) in [5.41, 5.74) is 4.17. The first-order chi connectivity index (χ1) is 13.5. The second-order valence-corrected chi connectivity index (χ2v) is 8.04. The molecule has 7 heteroatoms. The van der Waals surface area contributed by atoms with Crippen LogP contribution in [0.4, 0.5) is 5.69 Å². The summed E-state index contributed by atoms with van der Waals surface area (Å²) in [5.74, 6) is 0.868. The van der Waals surface area contributed by atoms with Gasteiger partial charge in [-0.3, -0.25) is 4.79 Å². The topological polar surface area (TPSA) is 71.2 Å². The third kappa shape index (κ3) is 3.68. The van der Waals surface area contributed by atoms with Crippen LogP contribution in [0.1, 0.15) is 29.7 Å². The number of anilines is 1. The van der Waals surface area contributed by atoms with Crippen molar-refractivity contribution < 1.29 is 9.90 Å². The van der Waals surface area contributed by atoms with Crippen LogP contribution >= 0.6 is 11.8 Å². The van der Waals surface area contributed by atoms with Crippen molar-refractivity contribution in [2.75, 3.05) is 25.1 Å². The fourth-order valence-corrected chi connectivity index (χ4v) is 4.22. The van der Waals surface area contributed by atoms with Crippen LogP contribution in [0.5, 0.6) is 0 Å². The quantitative estimate of drug-likeness (QED) is 0.693. The van der Waals surface area contributed by atoms with E-state index in [1.165, 1.54) is 11.8 Å². The summed E-state index contributed by atoms with van der Waals surface area (Å²) < 4.78 is 1.77. The number of hydrogen-bond donors (Lipinski definition) is 1. The minimum Gasteiger partial charge on any atom is -0.395 e. The minimum absolute atomic E-state index is 0.105. The van der Waals surface area contributed by atoms with Crippen LogP contribution in [0, 0.1) is 0 Å². The lowest BCUT2D eigenvalue weighted by Gasteiger charge is -2.17. The van der Waals surface area contributed by atoms with E-state index in [1.807, 2.05) is 36.3 Å². The van der Waals surface area contributed by atoms with E-state index >= 15 is 0 Å². The fourth-order valence-electron chi connectivity index (χ4n) is 3.28. The number of pyridine rings is 1. The fraction of sp³-hybridized carbons (Fsp3) is 0.286. The van der Waals surface area contributed by atoms with Crippen molar-refractivity contribution in [3.05, 3.63) is 65.6 Å². The molecule has 0 radical (unpaired) electrons. The molecule has 1 aliphatic rings. The van der Waals surface area contributed by atoms with Crippen LogP contribution < -0.4 is 4.90 Å². The first kappa shape index (κ1) is 18.7. The van der Waals surface area contributed by atoms with Gasteiger partial charge < -0.3 is 10.0 Å². The Morgan fingerprint density at radius 1 is 1.29 bits per heavy atom. The number of benzene rings is 1. The lowest BCUT2D eigenvalue weighted by atomic mass is 9.96. The first-order valence-electron chi connectivity index (χ1n) is 9.22. The summed E-state index contributed by atoms with van der Waals surface area (Å²) in [6.07, 6.45) is 4.22. The lowest BCUT2D eigenvalue weighted by Crippen LogP contribution is -2.21. The SMILES string of the molecule is CC(c1ccc2c(c1)SC(=O)C2)c1ccn(-c2ccc(N(C)CCO)cn2)n1. The van der Waals surface area contributed by atoms with Gasteiger partial charge in [0.05, 0.1) is 24.2 Å². The predicted molar refractivity (Wildman–Crippen MR) is 110 cm³/mol. The van der Waals surface area contributed by atoms with Gasteiger partial charge in [0.1, 0.15) is 0 Å². The summed E-state index contributed by atoms with van der Waals surface area (Å²) in [6.45, 7) is 2.79. The van der Waals surface area contributed by atoms with Gasteiger partial charge in [-0.15, -0.1) is 0 Å². The lowest BCUT2D eigenvalue weighted by molar-refractivity contribution is -0.110. The van der Waals surface area contributed by atoms with Crippen molar-refractivity contribution in [1.82, 2.24) is 14.8 Å². The second-order valence-electron chi connectivity index (χ2n) is 6.94. The van der Waals surface area contributed by atoms with Crippen LogP contribution in [-0.2, 0) is 11.2 Å². The highest BCUT2D eigenvalue weighted by Gasteiger charge is 2.21. The molecule has 0 saturated heterocycles. The predicted octanol–water partition coefficient (Wildman–Crippen LogP) is 3.02. The van der Waals surface area contributed by atoms with Crippen molar-refractivity contribution in [3.8, 4) is 5.82 Å². The molecule has 0 aliphatic carbocycles. The Hall–Kier alpha value is -2.64. The largest absolute Gasteiger partial charge is 0.395 e. The molecule has 4 rings (SSSR count). The molecule has 0 fully saturated rings. The Labute approximate surface area is 168 Å².